The van der Waals surface area contributed by atoms with Crippen LogP contribution in [0.5, 0.6) is 0 Å². The maximum Gasteiger partial charge on any atom is 0.320 e. The highest BCUT2D eigenvalue weighted by Crippen LogP contribution is 1.96. The van der Waals surface area contributed by atoms with Crippen molar-refractivity contribution in [3.05, 3.63) is 0 Å². The molecule has 0 amide bonds. The zero-order valence-corrected chi connectivity index (χ0v) is 5.92. The van der Waals surface area contributed by atoms with Crippen LogP contribution in [0.15, 0.2) is 0 Å². The van der Waals surface area contributed by atoms with Gasteiger partial charge in [-0.2, -0.15) is 0 Å². The minimum atomic E-state index is -0.933. The van der Waals surface area contributed by atoms with Gasteiger partial charge in [-0.1, -0.05) is 6.42 Å². The molecule has 1 atom stereocenters. The topological polar surface area (TPSA) is 89.3 Å². The average molecular weight is 178 g/mol. The number of nitrogens with two attached hydrogens (primary N) is 2. The van der Waals surface area contributed by atoms with Gasteiger partial charge in [-0.25, -0.2) is 0 Å². The van der Waals surface area contributed by atoms with Gasteiger partial charge < -0.3 is 16.6 Å². The molecule has 0 spiro atoms. The molecule has 0 rings (SSSR count). The molecule has 5 N–H and O–H groups in total. The number of carboxylic acid groups (broad SMARTS) is 1. The van der Waals surface area contributed by atoms with Gasteiger partial charge in [0.05, 0.1) is 0 Å². The van der Waals surface area contributed by atoms with Crippen molar-refractivity contribution in [2.75, 3.05) is 6.54 Å². The Morgan fingerprint density at radius 2 is 2.00 bits per heavy atom. The first-order valence-electron chi connectivity index (χ1n) is 3.37. The summed E-state index contributed by atoms with van der Waals surface area (Å²) >= 11 is 0. The zero-order valence-electron chi connectivity index (χ0n) is 5.92. The van der Waals surface area contributed by atoms with E-state index in [1.165, 1.54) is 0 Å². The van der Waals surface area contributed by atoms with Crippen LogP contribution in [0.4, 0.5) is 0 Å². The predicted molar refractivity (Wildman–Crippen MR) is 49.9 cm³/mol. The molecule has 0 aromatic heterocycles. The van der Waals surface area contributed by atoms with Crippen LogP contribution < -0.4 is 11.5 Å². The summed E-state index contributed by atoms with van der Waals surface area (Å²) in [7, 11) is 0. The molecule has 0 aliphatic heterocycles. The summed E-state index contributed by atoms with van der Waals surface area (Å²) in [5, 5.41) is 8.33. The fourth-order valence-electron chi connectivity index (χ4n) is 0.632. The van der Waals surface area contributed by atoms with Crippen molar-refractivity contribution >= 4 is 16.9 Å². The van der Waals surface area contributed by atoms with Gasteiger partial charge in [0.15, 0.2) is 0 Å². The van der Waals surface area contributed by atoms with Crippen molar-refractivity contribution in [1.82, 2.24) is 0 Å². The van der Waals surface area contributed by atoms with E-state index >= 15 is 0 Å². The quantitative estimate of drug-likeness (QED) is 0.338. The van der Waals surface area contributed by atoms with Crippen LogP contribution in [0.25, 0.3) is 0 Å². The Bertz CT molecular complexity index is 111. The summed E-state index contributed by atoms with van der Waals surface area (Å²) < 4.78 is 0. The largest absolute Gasteiger partial charge is 0.480 e. The first-order chi connectivity index (χ1) is 4.68. The SMILES string of the molecule is NCCCCC(N)C(=O)O.[SiH4]. The maximum absolute atomic E-state index is 10.1. The van der Waals surface area contributed by atoms with Crippen molar-refractivity contribution in [1.29, 1.82) is 0 Å². The summed E-state index contributed by atoms with van der Waals surface area (Å²) in [4.78, 5) is 10.1. The van der Waals surface area contributed by atoms with E-state index in [0.29, 0.717) is 13.0 Å². The van der Waals surface area contributed by atoms with Gasteiger partial charge >= 0.3 is 5.97 Å². The van der Waals surface area contributed by atoms with E-state index in [4.69, 9.17) is 16.6 Å². The van der Waals surface area contributed by atoms with Crippen LogP contribution in [0, 0.1) is 0 Å². The highest BCUT2D eigenvalue weighted by molar-refractivity contribution is 5.75. The normalized spacial score (nSPS) is 11.8. The molecule has 0 fully saturated rings. The van der Waals surface area contributed by atoms with E-state index in [-0.39, 0.29) is 11.0 Å². The van der Waals surface area contributed by atoms with Gasteiger partial charge in [0.1, 0.15) is 6.04 Å². The van der Waals surface area contributed by atoms with Crippen LogP contribution in [-0.4, -0.2) is 34.6 Å². The highest BCUT2D eigenvalue weighted by Gasteiger charge is 2.09. The Balaban J connectivity index is 0. The lowest BCUT2D eigenvalue weighted by atomic mass is 10.1. The lowest BCUT2D eigenvalue weighted by molar-refractivity contribution is -0.138. The Hall–Kier alpha value is -0.393. The molecule has 0 saturated carbocycles. The Morgan fingerprint density at radius 3 is 2.36 bits per heavy atom. The molecule has 68 valence electrons. The fourth-order valence-corrected chi connectivity index (χ4v) is 0.632. The third kappa shape index (κ3) is 7.50. The summed E-state index contributed by atoms with van der Waals surface area (Å²) in [5.41, 5.74) is 10.4. The maximum atomic E-state index is 10.1. The van der Waals surface area contributed by atoms with Crippen molar-refractivity contribution in [2.24, 2.45) is 11.5 Å². The van der Waals surface area contributed by atoms with Crippen molar-refractivity contribution in [2.45, 2.75) is 25.3 Å². The first-order valence-corrected chi connectivity index (χ1v) is 3.37. The summed E-state index contributed by atoms with van der Waals surface area (Å²) in [5.74, 6) is -0.933. The second-order valence-corrected chi connectivity index (χ2v) is 2.23. The molecular formula is C6H18N2O2Si. The van der Waals surface area contributed by atoms with Crippen LogP contribution in [0.1, 0.15) is 19.3 Å². The van der Waals surface area contributed by atoms with Gasteiger partial charge in [-0.3, -0.25) is 4.79 Å². The lowest BCUT2D eigenvalue weighted by Gasteiger charge is -2.03. The van der Waals surface area contributed by atoms with E-state index < -0.39 is 12.0 Å². The average Bonchev–Trinajstić information content (AvgIpc) is 1.88. The van der Waals surface area contributed by atoms with Crippen LogP contribution in [0.2, 0.25) is 0 Å². The van der Waals surface area contributed by atoms with Gasteiger partial charge in [0, 0.05) is 0 Å². The molecule has 4 nitrogen and oxygen atoms in total. The van der Waals surface area contributed by atoms with Crippen molar-refractivity contribution in [3.63, 3.8) is 0 Å². The van der Waals surface area contributed by atoms with E-state index in [1.54, 1.807) is 0 Å². The Kier molecular flexibility index (Phi) is 9.26. The first kappa shape index (κ1) is 13.2. The van der Waals surface area contributed by atoms with E-state index in [2.05, 4.69) is 0 Å². The minimum Gasteiger partial charge on any atom is -0.480 e. The second-order valence-electron chi connectivity index (χ2n) is 2.23. The number of carbonyl (C=O) groups is 1. The molecule has 0 bridgehead atoms. The summed E-state index contributed by atoms with van der Waals surface area (Å²) in [6, 6.07) is -0.716. The molecule has 0 aromatic carbocycles. The molecule has 0 radical (unpaired) electrons. The zero-order chi connectivity index (χ0) is 7.98. The van der Waals surface area contributed by atoms with Crippen molar-refractivity contribution < 1.29 is 9.90 Å². The van der Waals surface area contributed by atoms with Crippen molar-refractivity contribution in [3.8, 4) is 0 Å². The molecular weight excluding hydrogens is 160 g/mol. The Labute approximate surface area is 71.0 Å². The molecule has 1 unspecified atom stereocenters. The van der Waals surface area contributed by atoms with E-state index in [0.717, 1.165) is 12.8 Å². The number of hydrogen-bond donors (Lipinski definition) is 3. The number of aliphatic carboxylic acids is 1. The summed E-state index contributed by atoms with van der Waals surface area (Å²) in [6.45, 7) is 0.604. The van der Waals surface area contributed by atoms with Gasteiger partial charge in [-0.15, -0.1) is 0 Å². The molecule has 5 heteroatoms. The third-order valence-corrected chi connectivity index (χ3v) is 1.29. The fraction of sp³-hybridized carbons (Fsp3) is 0.833. The smallest absolute Gasteiger partial charge is 0.320 e. The van der Waals surface area contributed by atoms with Gasteiger partial charge in [0.25, 0.3) is 0 Å². The standard InChI is InChI=1S/C6H14N2O2.H4Si/c7-4-2-1-3-5(8)6(9)10;/h5H,1-4,7-8H2,(H,9,10);1H4. The van der Waals surface area contributed by atoms with E-state index in [9.17, 15) is 4.79 Å². The summed E-state index contributed by atoms with van der Waals surface area (Å²) in [6.07, 6.45) is 2.16. The number of rotatable bonds is 5. The molecule has 0 saturated heterocycles. The van der Waals surface area contributed by atoms with Crippen LogP contribution in [-0.2, 0) is 4.79 Å². The molecule has 0 heterocycles. The van der Waals surface area contributed by atoms with Crippen LogP contribution in [0.3, 0.4) is 0 Å². The number of unbranched alkanes of at least 4 members (excludes halogenated alkanes) is 1. The number of hydrogen-bond acceptors (Lipinski definition) is 3. The predicted octanol–water partition coefficient (Wildman–Crippen LogP) is -1.92. The minimum absolute atomic E-state index is 0. The highest BCUT2D eigenvalue weighted by atomic mass is 28.1. The van der Waals surface area contributed by atoms with Gasteiger partial charge in [0.2, 0.25) is 0 Å². The van der Waals surface area contributed by atoms with Gasteiger partial charge in [-0.05, 0) is 30.4 Å². The lowest BCUT2D eigenvalue weighted by Crippen LogP contribution is -2.29. The van der Waals surface area contributed by atoms with E-state index in [1.807, 2.05) is 0 Å². The molecule has 0 aliphatic rings. The molecule has 11 heavy (non-hydrogen) atoms. The second kappa shape index (κ2) is 7.71. The molecule has 0 aromatic rings. The number of carboxylic acids is 1. The van der Waals surface area contributed by atoms with Crippen LogP contribution >= 0.6 is 0 Å². The monoisotopic (exact) mass is 178 g/mol. The Morgan fingerprint density at radius 1 is 1.45 bits per heavy atom. The molecule has 0 aliphatic carbocycles. The third-order valence-electron chi connectivity index (χ3n) is 1.29.